The number of likely N-dealkylation sites (tertiary alicyclic amines) is 1. The van der Waals surface area contributed by atoms with Gasteiger partial charge in [0, 0.05) is 41.8 Å². The molecule has 0 atom stereocenters. The van der Waals surface area contributed by atoms with Crippen molar-refractivity contribution in [3.63, 3.8) is 0 Å². The average molecular weight is 534 g/mol. The molecule has 2 fully saturated rings. The van der Waals surface area contributed by atoms with Crippen LogP contribution in [0.15, 0.2) is 30.6 Å². The van der Waals surface area contributed by atoms with Crippen molar-refractivity contribution in [1.29, 1.82) is 0 Å². The topological polar surface area (TPSA) is 101 Å². The first kappa shape index (κ1) is 27.1. The molecule has 208 valence electrons. The van der Waals surface area contributed by atoms with Gasteiger partial charge in [0.2, 0.25) is 0 Å². The highest BCUT2D eigenvalue weighted by Gasteiger charge is 2.27. The Balaban J connectivity index is 0.000000392. The molecule has 2 saturated heterocycles. The van der Waals surface area contributed by atoms with E-state index >= 15 is 0 Å². The monoisotopic (exact) mass is 533 g/mol. The molecule has 0 saturated carbocycles. The zero-order valence-corrected chi connectivity index (χ0v) is 23.6. The van der Waals surface area contributed by atoms with Crippen molar-refractivity contribution in [3.8, 4) is 11.3 Å². The lowest BCUT2D eigenvalue weighted by molar-refractivity contribution is -0.138. The largest absolute Gasteiger partial charge is 0.462 e. The summed E-state index contributed by atoms with van der Waals surface area (Å²) in [7, 11) is 2.21. The molecule has 0 radical (unpaired) electrons. The second-order valence-electron chi connectivity index (χ2n) is 11.4. The fourth-order valence-corrected chi connectivity index (χ4v) is 5.39. The van der Waals surface area contributed by atoms with Gasteiger partial charge in [-0.15, -0.1) is 0 Å². The third-order valence-corrected chi connectivity index (χ3v) is 7.39. The van der Waals surface area contributed by atoms with Gasteiger partial charge in [0.25, 0.3) is 6.47 Å². The number of anilines is 1. The van der Waals surface area contributed by atoms with Gasteiger partial charge in [-0.3, -0.25) is 14.3 Å². The quantitative estimate of drug-likeness (QED) is 0.390. The van der Waals surface area contributed by atoms with E-state index in [2.05, 4.69) is 67.5 Å². The zero-order chi connectivity index (χ0) is 27.6. The Morgan fingerprint density at radius 1 is 1.10 bits per heavy atom. The minimum Gasteiger partial charge on any atom is -0.462 e. The highest BCUT2D eigenvalue weighted by Crippen LogP contribution is 2.35. The number of fused-ring (bicyclic) bond motifs is 2. The summed E-state index contributed by atoms with van der Waals surface area (Å²) in [5.74, 6) is 1.47. The van der Waals surface area contributed by atoms with E-state index in [0.717, 1.165) is 91.6 Å². The average Bonchev–Trinajstić information content (AvgIpc) is 3.53. The number of carbonyl (C=O) groups is 1. The summed E-state index contributed by atoms with van der Waals surface area (Å²) in [5.41, 5.74) is 6.17. The number of morpholine rings is 1. The number of rotatable bonds is 4. The maximum absolute atomic E-state index is 9.60. The van der Waals surface area contributed by atoms with Crippen LogP contribution in [-0.2, 0) is 14.3 Å². The minimum atomic E-state index is -0.318. The van der Waals surface area contributed by atoms with Crippen molar-refractivity contribution in [2.75, 3.05) is 51.3 Å². The number of imidazole rings is 1. The SMILES string of the molecule is CC(C)(C)OC=O.Cc1nc2c(N3CCOCC3)nc(-c3cccc4[nH]ncc34)cn2c1C1CCN(C)CC1. The van der Waals surface area contributed by atoms with E-state index in [1.165, 1.54) is 5.69 Å². The number of H-pyrrole nitrogens is 1. The Bertz CT molecular complexity index is 1420. The molecule has 1 aromatic carbocycles. The van der Waals surface area contributed by atoms with Crippen LogP contribution >= 0.6 is 0 Å². The summed E-state index contributed by atoms with van der Waals surface area (Å²) in [5, 5.41) is 8.44. The lowest BCUT2D eigenvalue weighted by Gasteiger charge is -2.30. The maximum Gasteiger partial charge on any atom is 0.293 e. The Morgan fingerprint density at radius 3 is 2.51 bits per heavy atom. The van der Waals surface area contributed by atoms with Crippen molar-refractivity contribution in [2.45, 2.75) is 52.1 Å². The molecule has 6 rings (SSSR count). The van der Waals surface area contributed by atoms with Gasteiger partial charge in [0.15, 0.2) is 11.5 Å². The number of piperidine rings is 1. The smallest absolute Gasteiger partial charge is 0.293 e. The highest BCUT2D eigenvalue weighted by molar-refractivity contribution is 5.93. The molecule has 4 aromatic rings. The second kappa shape index (κ2) is 11.3. The summed E-state index contributed by atoms with van der Waals surface area (Å²) < 4.78 is 12.5. The van der Waals surface area contributed by atoms with E-state index in [9.17, 15) is 4.79 Å². The number of aryl methyl sites for hydroxylation is 1. The third kappa shape index (κ3) is 5.91. The first-order valence-corrected chi connectivity index (χ1v) is 13.7. The second-order valence-corrected chi connectivity index (χ2v) is 11.4. The molecule has 0 spiro atoms. The van der Waals surface area contributed by atoms with Gasteiger partial charge in [0.1, 0.15) is 5.60 Å². The normalized spacial score (nSPS) is 17.3. The standard InChI is InChI=1S/C24H29N7O.C5H10O2/c1-16-22(17-6-8-29(2)9-7-17)31-15-21(18-4-3-5-20-19(18)14-25-28-20)27-23(24(31)26-16)30-10-12-32-13-11-30;1-5(2,3)7-4-6/h3-5,14-15,17H,6-13H2,1-2H3,(H,25,28);4H,1-3H3. The number of carbonyl (C=O) groups excluding carboxylic acids is 1. The first-order valence-electron chi connectivity index (χ1n) is 13.7. The van der Waals surface area contributed by atoms with Crippen molar-refractivity contribution >= 4 is 28.8 Å². The Labute approximate surface area is 229 Å². The van der Waals surface area contributed by atoms with E-state index in [0.29, 0.717) is 12.4 Å². The van der Waals surface area contributed by atoms with Gasteiger partial charge in [-0.05, 0) is 66.7 Å². The number of benzene rings is 1. The van der Waals surface area contributed by atoms with Gasteiger partial charge in [-0.25, -0.2) is 9.97 Å². The number of aromatic amines is 1. The van der Waals surface area contributed by atoms with Crippen LogP contribution in [0.3, 0.4) is 0 Å². The fourth-order valence-electron chi connectivity index (χ4n) is 5.39. The molecule has 0 amide bonds. The molecule has 0 bridgehead atoms. The Hall–Kier alpha value is -3.50. The molecule has 10 nitrogen and oxygen atoms in total. The number of nitrogens with zero attached hydrogens (tertiary/aromatic N) is 6. The predicted molar refractivity (Wildman–Crippen MR) is 152 cm³/mol. The van der Waals surface area contributed by atoms with Crippen LogP contribution in [0.25, 0.3) is 27.8 Å². The molecule has 10 heteroatoms. The lowest BCUT2D eigenvalue weighted by atomic mass is 9.92. The number of aromatic nitrogens is 5. The minimum absolute atomic E-state index is 0.318. The van der Waals surface area contributed by atoms with Crippen LogP contribution < -0.4 is 4.90 Å². The van der Waals surface area contributed by atoms with E-state index < -0.39 is 0 Å². The predicted octanol–water partition coefficient (Wildman–Crippen LogP) is 4.18. The van der Waals surface area contributed by atoms with Gasteiger partial charge >= 0.3 is 0 Å². The highest BCUT2D eigenvalue weighted by atomic mass is 16.5. The molecule has 39 heavy (non-hydrogen) atoms. The molecule has 5 heterocycles. The van der Waals surface area contributed by atoms with Gasteiger partial charge < -0.3 is 19.3 Å². The van der Waals surface area contributed by atoms with Gasteiger partial charge in [0.05, 0.1) is 36.3 Å². The van der Waals surface area contributed by atoms with E-state index in [1.807, 2.05) is 27.0 Å². The number of hydrogen-bond donors (Lipinski definition) is 1. The molecule has 0 aliphatic carbocycles. The van der Waals surface area contributed by atoms with Crippen molar-refractivity contribution < 1.29 is 14.3 Å². The number of nitrogens with one attached hydrogen (secondary N) is 1. The van der Waals surface area contributed by atoms with Crippen LogP contribution in [0.4, 0.5) is 5.82 Å². The third-order valence-electron chi connectivity index (χ3n) is 7.39. The summed E-state index contributed by atoms with van der Waals surface area (Å²) >= 11 is 0. The van der Waals surface area contributed by atoms with Crippen molar-refractivity contribution in [1.82, 2.24) is 29.5 Å². The molecule has 0 unspecified atom stereocenters. The molecular formula is C29H39N7O3. The summed E-state index contributed by atoms with van der Waals surface area (Å²) in [6.45, 7) is 13.4. The molecule has 2 aliphatic heterocycles. The van der Waals surface area contributed by atoms with Gasteiger partial charge in [-0.2, -0.15) is 5.10 Å². The van der Waals surface area contributed by atoms with Crippen LogP contribution in [0, 0.1) is 6.92 Å². The number of ether oxygens (including phenoxy) is 2. The van der Waals surface area contributed by atoms with E-state index in [1.54, 1.807) is 0 Å². The molecular weight excluding hydrogens is 494 g/mol. The first-order chi connectivity index (χ1) is 18.7. The zero-order valence-electron chi connectivity index (χ0n) is 23.6. The van der Waals surface area contributed by atoms with Crippen molar-refractivity contribution in [3.05, 3.63) is 42.0 Å². The summed E-state index contributed by atoms with van der Waals surface area (Å²) in [6.07, 6.45) is 6.40. The molecule has 2 aliphatic rings. The lowest BCUT2D eigenvalue weighted by Crippen LogP contribution is -2.37. The summed E-state index contributed by atoms with van der Waals surface area (Å²) in [4.78, 5) is 24.6. The Kier molecular flexibility index (Phi) is 7.86. The van der Waals surface area contributed by atoms with E-state index in [-0.39, 0.29) is 5.60 Å². The van der Waals surface area contributed by atoms with E-state index in [4.69, 9.17) is 14.7 Å². The van der Waals surface area contributed by atoms with Crippen LogP contribution in [0.2, 0.25) is 0 Å². The summed E-state index contributed by atoms with van der Waals surface area (Å²) in [6, 6.07) is 6.25. The number of hydrogen-bond acceptors (Lipinski definition) is 8. The fraction of sp³-hybridized carbons (Fsp3) is 0.517. The molecule has 3 aromatic heterocycles. The van der Waals surface area contributed by atoms with Crippen LogP contribution in [-0.4, -0.2) is 88.0 Å². The van der Waals surface area contributed by atoms with Crippen LogP contribution in [0.5, 0.6) is 0 Å². The van der Waals surface area contributed by atoms with Gasteiger partial charge in [-0.1, -0.05) is 12.1 Å². The van der Waals surface area contributed by atoms with Crippen molar-refractivity contribution in [2.24, 2.45) is 0 Å². The van der Waals surface area contributed by atoms with Crippen LogP contribution in [0.1, 0.15) is 50.9 Å². The maximum atomic E-state index is 9.60. The molecule has 1 N–H and O–H groups in total. The Morgan fingerprint density at radius 2 is 1.85 bits per heavy atom.